The summed E-state index contributed by atoms with van der Waals surface area (Å²) < 4.78 is 5.35. The van der Waals surface area contributed by atoms with E-state index in [0.717, 1.165) is 0 Å². The molecular formula is C17H25Cl3N4O3. The summed E-state index contributed by atoms with van der Waals surface area (Å²) >= 11 is 6.05. The van der Waals surface area contributed by atoms with Gasteiger partial charge < -0.3 is 20.3 Å². The van der Waals surface area contributed by atoms with Crippen LogP contribution in [-0.2, 0) is 14.3 Å². The molecular weight excluding hydrogens is 415 g/mol. The number of anilines is 1. The van der Waals surface area contributed by atoms with E-state index in [9.17, 15) is 9.59 Å². The third-order valence-corrected chi connectivity index (χ3v) is 4.75. The van der Waals surface area contributed by atoms with Crippen LogP contribution in [0.5, 0.6) is 0 Å². The molecule has 0 spiro atoms. The molecule has 0 saturated carbocycles. The van der Waals surface area contributed by atoms with Crippen molar-refractivity contribution in [3.63, 3.8) is 0 Å². The van der Waals surface area contributed by atoms with Gasteiger partial charge in [-0.05, 0) is 12.1 Å². The average molecular weight is 440 g/mol. The van der Waals surface area contributed by atoms with Gasteiger partial charge in [0.1, 0.15) is 6.04 Å². The highest BCUT2D eigenvalue weighted by molar-refractivity contribution is 6.33. The zero-order chi connectivity index (χ0) is 17.6. The Bertz CT molecular complexity index is 621. The summed E-state index contributed by atoms with van der Waals surface area (Å²) in [6.07, 6.45) is 0. The van der Waals surface area contributed by atoms with Crippen LogP contribution in [0.3, 0.4) is 0 Å². The van der Waals surface area contributed by atoms with Gasteiger partial charge in [-0.3, -0.25) is 14.5 Å². The number of rotatable bonds is 4. The first-order chi connectivity index (χ1) is 12.1. The number of ether oxygens (including phenoxy) is 1. The first-order valence-electron chi connectivity index (χ1n) is 8.50. The standard InChI is InChI=1S/C17H23ClN4O3.2ClH/c18-13-3-1-2-4-14(13)20-16(23)11-21-6-8-22(9-7-21)17(24)15-12-25-10-5-19-15;;/h1-4,15,19H,5-12H2,(H,20,23);2*1H. The summed E-state index contributed by atoms with van der Waals surface area (Å²) in [7, 11) is 0. The monoisotopic (exact) mass is 438 g/mol. The van der Waals surface area contributed by atoms with Gasteiger partial charge in [-0.2, -0.15) is 0 Å². The van der Waals surface area contributed by atoms with Gasteiger partial charge in [-0.15, -0.1) is 24.8 Å². The van der Waals surface area contributed by atoms with E-state index in [1.54, 1.807) is 12.1 Å². The number of morpholine rings is 1. The van der Waals surface area contributed by atoms with Crippen molar-refractivity contribution < 1.29 is 14.3 Å². The van der Waals surface area contributed by atoms with Gasteiger partial charge in [-0.1, -0.05) is 23.7 Å². The minimum absolute atomic E-state index is 0. The molecule has 152 valence electrons. The highest BCUT2D eigenvalue weighted by Gasteiger charge is 2.29. The Labute approximate surface area is 176 Å². The minimum atomic E-state index is -0.246. The molecule has 1 aromatic rings. The van der Waals surface area contributed by atoms with Gasteiger partial charge in [0.05, 0.1) is 30.5 Å². The molecule has 3 rings (SSSR count). The molecule has 2 N–H and O–H groups in total. The zero-order valence-corrected chi connectivity index (χ0v) is 17.2. The molecule has 2 heterocycles. The molecule has 1 unspecified atom stereocenters. The van der Waals surface area contributed by atoms with Crippen molar-refractivity contribution in [2.75, 3.05) is 57.8 Å². The second kappa shape index (κ2) is 11.7. The molecule has 2 aliphatic heterocycles. The number of hydrogen-bond donors (Lipinski definition) is 2. The summed E-state index contributed by atoms with van der Waals surface area (Å²) in [5.41, 5.74) is 0.617. The van der Waals surface area contributed by atoms with Crippen molar-refractivity contribution in [2.24, 2.45) is 0 Å². The maximum Gasteiger partial charge on any atom is 0.242 e. The number of carbonyl (C=O) groups is 2. The van der Waals surface area contributed by atoms with E-state index in [-0.39, 0.29) is 49.2 Å². The summed E-state index contributed by atoms with van der Waals surface area (Å²) in [6, 6.07) is 6.92. The highest BCUT2D eigenvalue weighted by atomic mass is 35.5. The summed E-state index contributed by atoms with van der Waals surface area (Å²) in [4.78, 5) is 28.5. The Balaban J connectivity index is 0.00000182. The van der Waals surface area contributed by atoms with Gasteiger partial charge in [0.15, 0.2) is 0 Å². The molecule has 0 aromatic heterocycles. The van der Waals surface area contributed by atoms with Crippen LogP contribution in [0.1, 0.15) is 0 Å². The van der Waals surface area contributed by atoms with Crippen LogP contribution < -0.4 is 10.6 Å². The normalized spacial score (nSPS) is 20.2. The maximum atomic E-state index is 12.4. The molecule has 2 aliphatic rings. The fraction of sp³-hybridized carbons (Fsp3) is 0.529. The predicted molar refractivity (Wildman–Crippen MR) is 110 cm³/mol. The van der Waals surface area contributed by atoms with Crippen LogP contribution >= 0.6 is 36.4 Å². The SMILES string of the molecule is Cl.Cl.O=C(CN1CCN(C(=O)C2COCCN2)CC1)Nc1ccccc1Cl. The van der Waals surface area contributed by atoms with Crippen molar-refractivity contribution in [1.29, 1.82) is 0 Å². The van der Waals surface area contributed by atoms with Crippen molar-refractivity contribution in [2.45, 2.75) is 6.04 Å². The van der Waals surface area contributed by atoms with Gasteiger partial charge >= 0.3 is 0 Å². The minimum Gasteiger partial charge on any atom is -0.378 e. The van der Waals surface area contributed by atoms with Gasteiger partial charge in [-0.25, -0.2) is 0 Å². The average Bonchev–Trinajstić information content (AvgIpc) is 2.64. The second-order valence-electron chi connectivity index (χ2n) is 6.21. The van der Waals surface area contributed by atoms with Crippen LogP contribution in [0.4, 0.5) is 5.69 Å². The molecule has 10 heteroatoms. The summed E-state index contributed by atoms with van der Waals surface area (Å²) in [5, 5.41) is 6.53. The van der Waals surface area contributed by atoms with E-state index in [1.165, 1.54) is 0 Å². The molecule has 0 radical (unpaired) electrons. The number of amides is 2. The lowest BCUT2D eigenvalue weighted by atomic mass is 10.2. The number of halogens is 3. The first kappa shape index (κ1) is 23.9. The summed E-state index contributed by atoms with van der Waals surface area (Å²) in [5.74, 6) is -0.0184. The number of nitrogens with zero attached hydrogens (tertiary/aromatic N) is 2. The Morgan fingerprint density at radius 1 is 1.19 bits per heavy atom. The Kier molecular flexibility index (Phi) is 10.4. The number of carbonyl (C=O) groups excluding carboxylic acids is 2. The third kappa shape index (κ3) is 6.78. The molecule has 2 amide bonds. The molecule has 0 bridgehead atoms. The molecule has 0 aliphatic carbocycles. The lowest BCUT2D eigenvalue weighted by Gasteiger charge is -2.36. The van der Waals surface area contributed by atoms with E-state index in [0.29, 0.717) is 56.6 Å². The van der Waals surface area contributed by atoms with Crippen LogP contribution in [0.15, 0.2) is 24.3 Å². The van der Waals surface area contributed by atoms with E-state index >= 15 is 0 Å². The van der Waals surface area contributed by atoms with Crippen LogP contribution in [0.25, 0.3) is 0 Å². The molecule has 7 nitrogen and oxygen atoms in total. The lowest BCUT2D eigenvalue weighted by Crippen LogP contribution is -2.57. The van der Waals surface area contributed by atoms with E-state index in [1.807, 2.05) is 21.9 Å². The number of benzene rings is 1. The third-order valence-electron chi connectivity index (χ3n) is 4.42. The van der Waals surface area contributed by atoms with E-state index in [2.05, 4.69) is 10.6 Å². The lowest BCUT2D eigenvalue weighted by molar-refractivity contribution is -0.138. The van der Waals surface area contributed by atoms with E-state index in [4.69, 9.17) is 16.3 Å². The molecule has 1 atom stereocenters. The van der Waals surface area contributed by atoms with E-state index < -0.39 is 0 Å². The smallest absolute Gasteiger partial charge is 0.242 e. The fourth-order valence-corrected chi connectivity index (χ4v) is 3.21. The summed E-state index contributed by atoms with van der Waals surface area (Å²) in [6.45, 7) is 4.67. The predicted octanol–water partition coefficient (Wildman–Crippen LogP) is 1.25. The molecule has 2 fully saturated rings. The zero-order valence-electron chi connectivity index (χ0n) is 14.9. The highest BCUT2D eigenvalue weighted by Crippen LogP contribution is 2.20. The number of hydrogen-bond acceptors (Lipinski definition) is 5. The molecule has 1 aromatic carbocycles. The van der Waals surface area contributed by atoms with Gasteiger partial charge in [0, 0.05) is 32.7 Å². The quantitative estimate of drug-likeness (QED) is 0.739. The van der Waals surface area contributed by atoms with Crippen LogP contribution in [-0.4, -0.2) is 80.1 Å². The Morgan fingerprint density at radius 3 is 2.52 bits per heavy atom. The number of piperazine rings is 1. The van der Waals surface area contributed by atoms with Crippen molar-refractivity contribution in [1.82, 2.24) is 15.1 Å². The molecule has 2 saturated heterocycles. The fourth-order valence-electron chi connectivity index (χ4n) is 3.03. The Morgan fingerprint density at radius 2 is 1.89 bits per heavy atom. The number of nitrogens with one attached hydrogen (secondary N) is 2. The largest absolute Gasteiger partial charge is 0.378 e. The second-order valence-corrected chi connectivity index (χ2v) is 6.62. The van der Waals surface area contributed by atoms with Crippen molar-refractivity contribution in [3.8, 4) is 0 Å². The van der Waals surface area contributed by atoms with Crippen molar-refractivity contribution in [3.05, 3.63) is 29.3 Å². The molecule has 27 heavy (non-hydrogen) atoms. The first-order valence-corrected chi connectivity index (χ1v) is 8.88. The van der Waals surface area contributed by atoms with Crippen LogP contribution in [0, 0.1) is 0 Å². The number of para-hydroxylation sites is 1. The maximum absolute atomic E-state index is 12.4. The topological polar surface area (TPSA) is 73.9 Å². The van der Waals surface area contributed by atoms with Crippen molar-refractivity contribution >= 4 is 53.9 Å². The Hall–Kier alpha value is -1.09. The van der Waals surface area contributed by atoms with Gasteiger partial charge in [0.2, 0.25) is 11.8 Å². The van der Waals surface area contributed by atoms with Gasteiger partial charge in [0.25, 0.3) is 0 Å². The van der Waals surface area contributed by atoms with Crippen LogP contribution in [0.2, 0.25) is 5.02 Å².